The quantitative estimate of drug-likeness (QED) is 0.349. The molecule has 9 heteroatoms. The predicted octanol–water partition coefficient (Wildman–Crippen LogP) is 5.89. The summed E-state index contributed by atoms with van der Waals surface area (Å²) in [5.74, 6) is -0.981. The van der Waals surface area contributed by atoms with E-state index >= 15 is 0 Å². The van der Waals surface area contributed by atoms with Gasteiger partial charge in [-0.05, 0) is 48.0 Å². The molecule has 0 saturated carbocycles. The number of carbonyl (C=O) groups is 3. The monoisotopic (exact) mass is 500 g/mol. The van der Waals surface area contributed by atoms with Crippen molar-refractivity contribution in [2.75, 3.05) is 4.90 Å². The first-order chi connectivity index (χ1) is 15.8. The minimum Gasteiger partial charge on any atom is -0.489 e. The Morgan fingerprint density at radius 1 is 0.848 bits per heavy atom. The van der Waals surface area contributed by atoms with E-state index in [1.807, 2.05) is 18.2 Å². The number of carbonyl (C=O) groups excluding carboxylic acids is 3. The standard InChI is InChI=1S/C24H15Cl3N2O4/c25-19-4-2-1-3-15(19)13-33-17-8-5-14(6-9-17)11-18-22(30)28-24(32)29(23(18)31)16-7-10-20(26)21(27)12-16/h1-12H,13H2,(H,28,30,32)/b18-11+. The van der Waals surface area contributed by atoms with Crippen molar-refractivity contribution in [3.05, 3.63) is 98.5 Å². The molecule has 0 spiro atoms. The van der Waals surface area contributed by atoms with Crippen LogP contribution in [0.4, 0.5) is 10.5 Å². The minimum atomic E-state index is -0.871. The fourth-order valence-electron chi connectivity index (χ4n) is 3.12. The van der Waals surface area contributed by atoms with E-state index < -0.39 is 17.8 Å². The molecule has 1 N–H and O–H groups in total. The highest BCUT2D eigenvalue weighted by atomic mass is 35.5. The summed E-state index contributed by atoms with van der Waals surface area (Å²) < 4.78 is 5.74. The molecule has 166 valence electrons. The number of urea groups is 1. The Labute approximate surface area is 204 Å². The summed E-state index contributed by atoms with van der Waals surface area (Å²) in [6.45, 7) is 0.293. The summed E-state index contributed by atoms with van der Waals surface area (Å²) in [6, 6.07) is 17.6. The zero-order valence-corrected chi connectivity index (χ0v) is 19.1. The number of amides is 4. The molecule has 1 aliphatic heterocycles. The van der Waals surface area contributed by atoms with Gasteiger partial charge in [0.05, 0.1) is 15.7 Å². The Kier molecular flexibility index (Phi) is 6.70. The Balaban J connectivity index is 1.53. The molecular formula is C24H15Cl3N2O4. The molecule has 1 heterocycles. The zero-order valence-electron chi connectivity index (χ0n) is 16.8. The van der Waals surface area contributed by atoms with E-state index in [1.165, 1.54) is 24.3 Å². The Morgan fingerprint density at radius 3 is 2.27 bits per heavy atom. The van der Waals surface area contributed by atoms with Crippen LogP contribution in [0.5, 0.6) is 5.75 Å². The van der Waals surface area contributed by atoms with Gasteiger partial charge in [-0.2, -0.15) is 0 Å². The number of imide groups is 2. The molecule has 4 amide bonds. The van der Waals surface area contributed by atoms with Crippen molar-refractivity contribution in [3.63, 3.8) is 0 Å². The van der Waals surface area contributed by atoms with Crippen molar-refractivity contribution >= 4 is 64.4 Å². The number of hydrogen-bond acceptors (Lipinski definition) is 4. The lowest BCUT2D eigenvalue weighted by Crippen LogP contribution is -2.54. The number of rotatable bonds is 5. The molecule has 33 heavy (non-hydrogen) atoms. The van der Waals surface area contributed by atoms with Crippen LogP contribution in [0.15, 0.2) is 72.3 Å². The van der Waals surface area contributed by atoms with Crippen LogP contribution in [-0.2, 0) is 16.2 Å². The number of nitrogens with one attached hydrogen (secondary N) is 1. The highest BCUT2D eigenvalue weighted by Gasteiger charge is 2.37. The first-order valence-electron chi connectivity index (χ1n) is 9.66. The van der Waals surface area contributed by atoms with Gasteiger partial charge in [-0.15, -0.1) is 0 Å². The van der Waals surface area contributed by atoms with E-state index in [4.69, 9.17) is 39.5 Å². The van der Waals surface area contributed by atoms with Gasteiger partial charge in [0.2, 0.25) is 0 Å². The largest absolute Gasteiger partial charge is 0.489 e. The molecule has 0 aromatic heterocycles. The summed E-state index contributed by atoms with van der Waals surface area (Å²) in [5, 5.41) is 3.22. The van der Waals surface area contributed by atoms with Gasteiger partial charge in [0.15, 0.2) is 0 Å². The number of nitrogens with zero attached hydrogens (tertiary/aromatic N) is 1. The van der Waals surface area contributed by atoms with Crippen LogP contribution in [0.1, 0.15) is 11.1 Å². The normalized spacial score (nSPS) is 15.1. The lowest BCUT2D eigenvalue weighted by molar-refractivity contribution is -0.122. The van der Waals surface area contributed by atoms with Crippen LogP contribution in [-0.4, -0.2) is 17.8 Å². The number of barbiturate groups is 1. The third kappa shape index (κ3) is 5.03. The number of benzene rings is 3. The molecule has 1 fully saturated rings. The Morgan fingerprint density at radius 2 is 1.58 bits per heavy atom. The third-order valence-corrected chi connectivity index (χ3v) is 5.91. The van der Waals surface area contributed by atoms with Crippen molar-refractivity contribution in [1.82, 2.24) is 5.32 Å². The van der Waals surface area contributed by atoms with Crippen LogP contribution >= 0.6 is 34.8 Å². The topological polar surface area (TPSA) is 75.7 Å². The van der Waals surface area contributed by atoms with Crippen LogP contribution in [0.25, 0.3) is 6.08 Å². The molecule has 0 unspecified atom stereocenters. The second-order valence-corrected chi connectivity index (χ2v) is 8.23. The maximum atomic E-state index is 13.0. The minimum absolute atomic E-state index is 0.171. The average Bonchev–Trinajstić information content (AvgIpc) is 2.79. The number of ether oxygens (including phenoxy) is 1. The van der Waals surface area contributed by atoms with Gasteiger partial charge >= 0.3 is 6.03 Å². The summed E-state index contributed by atoms with van der Waals surface area (Å²) in [7, 11) is 0. The number of hydrogen-bond donors (Lipinski definition) is 1. The zero-order chi connectivity index (χ0) is 23.5. The fraction of sp³-hybridized carbons (Fsp3) is 0.0417. The first-order valence-corrected chi connectivity index (χ1v) is 10.8. The number of halogens is 3. The Hall–Kier alpha value is -3.32. The van der Waals surface area contributed by atoms with Crippen molar-refractivity contribution in [3.8, 4) is 5.75 Å². The smallest absolute Gasteiger partial charge is 0.335 e. The summed E-state index contributed by atoms with van der Waals surface area (Å²) >= 11 is 18.1. The molecule has 4 rings (SSSR count). The van der Waals surface area contributed by atoms with E-state index in [-0.39, 0.29) is 21.3 Å². The molecule has 1 saturated heterocycles. The second kappa shape index (κ2) is 9.67. The maximum absolute atomic E-state index is 13.0. The molecule has 3 aromatic carbocycles. The van der Waals surface area contributed by atoms with Gasteiger partial charge in [0.25, 0.3) is 11.8 Å². The molecule has 3 aromatic rings. The molecule has 6 nitrogen and oxygen atoms in total. The summed E-state index contributed by atoms with van der Waals surface area (Å²) in [4.78, 5) is 38.5. The molecule has 1 aliphatic rings. The van der Waals surface area contributed by atoms with E-state index in [1.54, 1.807) is 30.3 Å². The third-order valence-electron chi connectivity index (χ3n) is 4.81. The average molecular weight is 502 g/mol. The molecule has 0 bridgehead atoms. The lowest BCUT2D eigenvalue weighted by Gasteiger charge is -2.26. The number of anilines is 1. The summed E-state index contributed by atoms with van der Waals surface area (Å²) in [6.07, 6.45) is 1.40. The van der Waals surface area contributed by atoms with Crippen molar-refractivity contribution in [2.24, 2.45) is 0 Å². The highest BCUT2D eigenvalue weighted by Crippen LogP contribution is 2.29. The van der Waals surface area contributed by atoms with Crippen molar-refractivity contribution < 1.29 is 19.1 Å². The maximum Gasteiger partial charge on any atom is 0.335 e. The van der Waals surface area contributed by atoms with Crippen LogP contribution in [0.2, 0.25) is 15.1 Å². The van der Waals surface area contributed by atoms with E-state index in [2.05, 4.69) is 5.32 Å². The van der Waals surface area contributed by atoms with Gasteiger partial charge in [0, 0.05) is 10.6 Å². The van der Waals surface area contributed by atoms with Gasteiger partial charge in [-0.3, -0.25) is 14.9 Å². The van der Waals surface area contributed by atoms with E-state index in [0.717, 1.165) is 10.5 Å². The van der Waals surface area contributed by atoms with E-state index in [0.29, 0.717) is 22.9 Å². The van der Waals surface area contributed by atoms with E-state index in [9.17, 15) is 14.4 Å². The molecule has 0 radical (unpaired) electrons. The van der Waals surface area contributed by atoms with Crippen LogP contribution in [0.3, 0.4) is 0 Å². The lowest BCUT2D eigenvalue weighted by atomic mass is 10.1. The van der Waals surface area contributed by atoms with Gasteiger partial charge in [-0.25, -0.2) is 9.69 Å². The van der Waals surface area contributed by atoms with Crippen LogP contribution in [0, 0.1) is 0 Å². The van der Waals surface area contributed by atoms with Crippen LogP contribution < -0.4 is 15.0 Å². The molecule has 0 atom stereocenters. The van der Waals surface area contributed by atoms with Gasteiger partial charge in [-0.1, -0.05) is 65.1 Å². The highest BCUT2D eigenvalue weighted by molar-refractivity contribution is 6.43. The molecular weight excluding hydrogens is 487 g/mol. The van der Waals surface area contributed by atoms with Gasteiger partial charge in [0.1, 0.15) is 17.9 Å². The SMILES string of the molecule is O=C1NC(=O)N(c2ccc(Cl)c(Cl)c2)C(=O)/C1=C/c1ccc(OCc2ccccc2Cl)cc1. The van der Waals surface area contributed by atoms with Crippen molar-refractivity contribution in [1.29, 1.82) is 0 Å². The van der Waals surface area contributed by atoms with Crippen molar-refractivity contribution in [2.45, 2.75) is 6.61 Å². The predicted molar refractivity (Wildman–Crippen MR) is 128 cm³/mol. The summed E-state index contributed by atoms with van der Waals surface area (Å²) in [5.41, 5.74) is 1.41. The fourth-order valence-corrected chi connectivity index (χ4v) is 3.60. The molecule has 0 aliphatic carbocycles. The van der Waals surface area contributed by atoms with Gasteiger partial charge < -0.3 is 4.74 Å². The Bertz CT molecular complexity index is 1290. The first kappa shape index (κ1) is 22.9. The second-order valence-electron chi connectivity index (χ2n) is 7.01.